The Morgan fingerprint density at radius 1 is 1.28 bits per heavy atom. The maximum atomic E-state index is 12.4. The van der Waals surface area contributed by atoms with Crippen LogP contribution >= 0.6 is 34.5 Å². The second-order valence-electron chi connectivity index (χ2n) is 7.46. The third-order valence-electron chi connectivity index (χ3n) is 5.60. The Kier molecular flexibility index (Phi) is 4.18. The van der Waals surface area contributed by atoms with Crippen LogP contribution in [0, 0.1) is 11.3 Å². The Morgan fingerprint density at radius 2 is 2.04 bits per heavy atom. The van der Waals surface area contributed by atoms with Gasteiger partial charge in [-0.15, -0.1) is 34.5 Å². The summed E-state index contributed by atoms with van der Waals surface area (Å²) in [7, 11) is 0. The van der Waals surface area contributed by atoms with Gasteiger partial charge in [-0.3, -0.25) is 4.79 Å². The number of rotatable bonds is 3. The highest BCUT2D eigenvalue weighted by atomic mass is 35.5. The van der Waals surface area contributed by atoms with Gasteiger partial charge in [-0.1, -0.05) is 32.0 Å². The van der Waals surface area contributed by atoms with E-state index >= 15 is 0 Å². The zero-order chi connectivity index (χ0) is 17.8. The molecule has 2 aliphatic rings. The van der Waals surface area contributed by atoms with E-state index in [1.165, 1.54) is 21.6 Å². The number of alkyl halides is 2. The fourth-order valence-corrected chi connectivity index (χ4v) is 5.68. The zero-order valence-electron chi connectivity index (χ0n) is 14.3. The molecule has 0 N–H and O–H groups in total. The smallest absolute Gasteiger partial charge is 0.313 e. The van der Waals surface area contributed by atoms with Crippen LogP contribution in [0.1, 0.15) is 37.0 Å². The molecule has 0 radical (unpaired) electrons. The summed E-state index contributed by atoms with van der Waals surface area (Å²) in [5, 5.41) is 2.15. The van der Waals surface area contributed by atoms with Gasteiger partial charge < -0.3 is 4.74 Å². The molecule has 2 aliphatic carbocycles. The molecule has 1 fully saturated rings. The molecule has 1 aromatic heterocycles. The van der Waals surface area contributed by atoms with Gasteiger partial charge in [0, 0.05) is 10.3 Å². The first-order valence-corrected chi connectivity index (χ1v) is 10.2. The van der Waals surface area contributed by atoms with Crippen LogP contribution < -0.4 is 0 Å². The number of carbonyl (C=O) groups is 1. The van der Waals surface area contributed by atoms with Crippen molar-refractivity contribution >= 4 is 40.5 Å². The quantitative estimate of drug-likeness (QED) is 0.487. The van der Waals surface area contributed by atoms with E-state index in [1.807, 2.05) is 19.9 Å². The number of benzene rings is 1. The number of carbonyl (C=O) groups excluding carboxylic acids is 1. The normalized spacial score (nSPS) is 22.5. The summed E-state index contributed by atoms with van der Waals surface area (Å²) < 4.78 is 4.57. The molecule has 132 valence electrons. The molecular formula is C20H20Cl2O2S. The Hall–Kier alpha value is -1.03. The molecule has 0 spiro atoms. The third kappa shape index (κ3) is 2.72. The second-order valence-corrected chi connectivity index (χ2v) is 9.76. The van der Waals surface area contributed by atoms with E-state index in [2.05, 4.69) is 23.6 Å². The highest BCUT2D eigenvalue weighted by molar-refractivity contribution is 7.13. The monoisotopic (exact) mass is 394 g/mol. The van der Waals surface area contributed by atoms with Crippen LogP contribution in [-0.4, -0.2) is 10.3 Å². The van der Waals surface area contributed by atoms with Crippen molar-refractivity contribution < 1.29 is 9.53 Å². The maximum Gasteiger partial charge on any atom is 0.313 e. The SMILES string of the molecule is CC1(C)C(C(=O)OCc2cccc3c2CCCc2ccsc2-3)C1(Cl)Cl. The minimum Gasteiger partial charge on any atom is -0.460 e. The van der Waals surface area contributed by atoms with Gasteiger partial charge in [0.1, 0.15) is 10.9 Å². The van der Waals surface area contributed by atoms with Gasteiger partial charge in [-0.05, 0) is 53.0 Å². The van der Waals surface area contributed by atoms with Crippen molar-refractivity contribution in [3.05, 3.63) is 46.3 Å². The summed E-state index contributed by atoms with van der Waals surface area (Å²) in [6.07, 6.45) is 3.22. The molecule has 5 heteroatoms. The average molecular weight is 395 g/mol. The van der Waals surface area contributed by atoms with Gasteiger partial charge in [-0.25, -0.2) is 0 Å². The van der Waals surface area contributed by atoms with E-state index in [4.69, 9.17) is 27.9 Å². The Labute approximate surface area is 162 Å². The summed E-state index contributed by atoms with van der Waals surface area (Å²) in [5.74, 6) is -0.771. The average Bonchev–Trinajstić information content (AvgIpc) is 2.83. The van der Waals surface area contributed by atoms with Gasteiger partial charge in [0.15, 0.2) is 0 Å². The molecule has 0 amide bonds. The van der Waals surface area contributed by atoms with Crippen molar-refractivity contribution in [1.82, 2.24) is 0 Å². The lowest BCUT2D eigenvalue weighted by Crippen LogP contribution is -2.12. The van der Waals surface area contributed by atoms with Crippen LogP contribution in [0.25, 0.3) is 10.4 Å². The number of hydrogen-bond acceptors (Lipinski definition) is 3. The van der Waals surface area contributed by atoms with E-state index < -0.39 is 15.7 Å². The fourth-order valence-electron chi connectivity index (χ4n) is 3.83. The topological polar surface area (TPSA) is 26.3 Å². The van der Waals surface area contributed by atoms with Crippen LogP contribution in [0.4, 0.5) is 0 Å². The molecule has 1 aromatic carbocycles. The highest BCUT2D eigenvalue weighted by Gasteiger charge is 2.74. The van der Waals surface area contributed by atoms with Crippen LogP contribution in [-0.2, 0) is 29.0 Å². The number of esters is 1. The Bertz CT molecular complexity index is 824. The van der Waals surface area contributed by atoms with Crippen LogP contribution in [0.5, 0.6) is 0 Å². The van der Waals surface area contributed by atoms with E-state index in [-0.39, 0.29) is 12.6 Å². The summed E-state index contributed by atoms with van der Waals surface area (Å²) >= 11 is 14.2. The largest absolute Gasteiger partial charge is 0.460 e. The number of fused-ring (bicyclic) bond motifs is 3. The number of thiophene rings is 1. The second kappa shape index (κ2) is 6.00. The molecule has 1 atom stereocenters. The molecule has 4 rings (SSSR count). The van der Waals surface area contributed by atoms with Crippen LogP contribution in [0.2, 0.25) is 0 Å². The Balaban J connectivity index is 1.56. The van der Waals surface area contributed by atoms with Crippen molar-refractivity contribution in [1.29, 1.82) is 0 Å². The Morgan fingerprint density at radius 3 is 2.76 bits per heavy atom. The molecule has 0 bridgehead atoms. The molecule has 0 saturated heterocycles. The van der Waals surface area contributed by atoms with Gasteiger partial charge >= 0.3 is 5.97 Å². The number of hydrogen-bond donors (Lipinski definition) is 0. The first kappa shape index (κ1) is 17.4. The standard InChI is InChI=1S/C20H20Cl2O2S/c1-19(2)17(20(19,21)22)18(23)24-11-13-6-4-8-15-14(13)7-3-5-12-9-10-25-16(12)15/h4,6,8-10,17H,3,5,7,11H2,1-2H3. The highest BCUT2D eigenvalue weighted by Crippen LogP contribution is 2.69. The third-order valence-corrected chi connectivity index (χ3v) is 8.00. The summed E-state index contributed by atoms with van der Waals surface area (Å²) in [6.45, 7) is 4.07. The van der Waals surface area contributed by atoms with Crippen molar-refractivity contribution in [3.63, 3.8) is 0 Å². The van der Waals surface area contributed by atoms with Gasteiger partial charge in [-0.2, -0.15) is 0 Å². The predicted octanol–water partition coefficient (Wildman–Crippen LogP) is 5.78. The lowest BCUT2D eigenvalue weighted by atomic mass is 9.98. The first-order valence-electron chi connectivity index (χ1n) is 8.56. The van der Waals surface area contributed by atoms with Gasteiger partial charge in [0.25, 0.3) is 0 Å². The first-order chi connectivity index (χ1) is 11.8. The number of aryl methyl sites for hydroxylation is 1. The minimum atomic E-state index is -1.02. The zero-order valence-corrected chi connectivity index (χ0v) is 16.6. The predicted molar refractivity (Wildman–Crippen MR) is 103 cm³/mol. The van der Waals surface area contributed by atoms with Crippen molar-refractivity contribution in [2.24, 2.45) is 11.3 Å². The molecule has 25 heavy (non-hydrogen) atoms. The molecule has 1 saturated carbocycles. The van der Waals surface area contributed by atoms with Gasteiger partial charge in [0.05, 0.1) is 5.92 Å². The minimum absolute atomic E-state index is 0.277. The summed E-state index contributed by atoms with van der Waals surface area (Å²) in [5.41, 5.74) is 4.65. The summed E-state index contributed by atoms with van der Waals surface area (Å²) in [6, 6.07) is 8.49. The molecule has 2 nitrogen and oxygen atoms in total. The lowest BCUT2D eigenvalue weighted by molar-refractivity contribution is -0.147. The number of ether oxygens (including phenoxy) is 1. The van der Waals surface area contributed by atoms with Gasteiger partial charge in [0.2, 0.25) is 0 Å². The van der Waals surface area contributed by atoms with E-state index in [1.54, 1.807) is 11.3 Å². The molecule has 1 heterocycles. The molecule has 1 unspecified atom stereocenters. The van der Waals surface area contributed by atoms with E-state index in [0.29, 0.717) is 0 Å². The van der Waals surface area contributed by atoms with E-state index in [0.717, 1.165) is 24.8 Å². The van der Waals surface area contributed by atoms with Crippen molar-refractivity contribution in [2.45, 2.75) is 44.1 Å². The number of halogens is 2. The van der Waals surface area contributed by atoms with Crippen LogP contribution in [0.15, 0.2) is 29.6 Å². The molecular weight excluding hydrogens is 375 g/mol. The lowest BCUT2D eigenvalue weighted by Gasteiger charge is -2.13. The van der Waals surface area contributed by atoms with E-state index in [9.17, 15) is 4.79 Å². The summed E-state index contributed by atoms with van der Waals surface area (Å²) in [4.78, 5) is 13.8. The maximum absolute atomic E-state index is 12.4. The molecule has 0 aliphatic heterocycles. The van der Waals surface area contributed by atoms with Crippen molar-refractivity contribution in [2.75, 3.05) is 0 Å². The van der Waals surface area contributed by atoms with Crippen molar-refractivity contribution in [3.8, 4) is 10.4 Å². The molecule has 2 aromatic rings. The fraction of sp³-hybridized carbons (Fsp3) is 0.450. The van der Waals surface area contributed by atoms with Crippen LogP contribution in [0.3, 0.4) is 0 Å².